The summed E-state index contributed by atoms with van der Waals surface area (Å²) in [5, 5.41) is 0. The van der Waals surface area contributed by atoms with Crippen molar-refractivity contribution >= 4 is 9.84 Å². The van der Waals surface area contributed by atoms with E-state index >= 15 is 0 Å². The molecule has 0 bridgehead atoms. The van der Waals surface area contributed by atoms with E-state index in [1.165, 1.54) is 0 Å². The Labute approximate surface area is 108 Å². The molecule has 100 valence electrons. The lowest BCUT2D eigenvalue weighted by Crippen LogP contribution is -2.43. The van der Waals surface area contributed by atoms with Crippen molar-refractivity contribution < 1.29 is 8.42 Å². The first-order valence-corrected chi connectivity index (χ1v) is 8.00. The topological polar surface area (TPSA) is 76.3 Å². The van der Waals surface area contributed by atoms with Gasteiger partial charge in [0, 0.05) is 19.3 Å². The van der Waals surface area contributed by atoms with Crippen LogP contribution in [0.15, 0.2) is 24.4 Å². The first kappa shape index (κ1) is 13.5. The maximum absolute atomic E-state index is 11.4. The van der Waals surface area contributed by atoms with E-state index in [0.29, 0.717) is 19.6 Å². The van der Waals surface area contributed by atoms with Crippen LogP contribution in [0.2, 0.25) is 0 Å². The SMILES string of the molecule is NCCC(c1ccccn1)N1CCS(=O)(=O)CC1. The summed E-state index contributed by atoms with van der Waals surface area (Å²) in [6.07, 6.45) is 2.57. The molecular formula is C12H19N3O2S. The van der Waals surface area contributed by atoms with Crippen LogP contribution < -0.4 is 5.73 Å². The molecule has 18 heavy (non-hydrogen) atoms. The molecule has 1 aliphatic rings. The first-order chi connectivity index (χ1) is 8.62. The molecular weight excluding hydrogens is 250 g/mol. The highest BCUT2D eigenvalue weighted by atomic mass is 32.2. The van der Waals surface area contributed by atoms with Crippen LogP contribution >= 0.6 is 0 Å². The van der Waals surface area contributed by atoms with Crippen molar-refractivity contribution in [2.24, 2.45) is 5.73 Å². The van der Waals surface area contributed by atoms with Crippen molar-refractivity contribution in [2.75, 3.05) is 31.1 Å². The van der Waals surface area contributed by atoms with Gasteiger partial charge < -0.3 is 5.73 Å². The Hall–Kier alpha value is -0.980. The number of pyridine rings is 1. The van der Waals surface area contributed by atoms with Gasteiger partial charge in [-0.15, -0.1) is 0 Å². The Kier molecular flexibility index (Phi) is 4.31. The quantitative estimate of drug-likeness (QED) is 0.845. The molecule has 5 nitrogen and oxygen atoms in total. The molecule has 0 amide bonds. The summed E-state index contributed by atoms with van der Waals surface area (Å²) in [6, 6.07) is 5.94. The van der Waals surface area contributed by atoms with Crippen molar-refractivity contribution in [1.82, 2.24) is 9.88 Å². The molecule has 1 aromatic heterocycles. The zero-order chi connectivity index (χ0) is 13.0. The maximum Gasteiger partial charge on any atom is 0.152 e. The van der Waals surface area contributed by atoms with Gasteiger partial charge in [0.05, 0.1) is 23.2 Å². The molecule has 1 aromatic rings. The van der Waals surface area contributed by atoms with Gasteiger partial charge in [-0.1, -0.05) is 6.07 Å². The van der Waals surface area contributed by atoms with E-state index in [4.69, 9.17) is 5.73 Å². The van der Waals surface area contributed by atoms with Crippen molar-refractivity contribution in [2.45, 2.75) is 12.5 Å². The van der Waals surface area contributed by atoms with Crippen LogP contribution in [0.1, 0.15) is 18.2 Å². The van der Waals surface area contributed by atoms with Gasteiger partial charge in [0.15, 0.2) is 9.84 Å². The Balaban J connectivity index is 2.12. The molecule has 1 atom stereocenters. The molecule has 0 aromatic carbocycles. The van der Waals surface area contributed by atoms with Crippen molar-refractivity contribution in [3.63, 3.8) is 0 Å². The fraction of sp³-hybridized carbons (Fsp3) is 0.583. The fourth-order valence-corrected chi connectivity index (χ4v) is 3.52. The van der Waals surface area contributed by atoms with Crippen LogP contribution in [0.25, 0.3) is 0 Å². The number of hydrogen-bond donors (Lipinski definition) is 1. The summed E-state index contributed by atoms with van der Waals surface area (Å²) in [7, 11) is -2.84. The Morgan fingerprint density at radius 2 is 2.06 bits per heavy atom. The average molecular weight is 269 g/mol. The van der Waals surface area contributed by atoms with E-state index in [-0.39, 0.29) is 17.5 Å². The zero-order valence-electron chi connectivity index (χ0n) is 10.3. The van der Waals surface area contributed by atoms with Crippen LogP contribution in [0.4, 0.5) is 0 Å². The van der Waals surface area contributed by atoms with Crippen molar-refractivity contribution in [3.05, 3.63) is 30.1 Å². The molecule has 0 radical (unpaired) electrons. The highest BCUT2D eigenvalue weighted by Gasteiger charge is 2.28. The monoisotopic (exact) mass is 269 g/mol. The summed E-state index contributed by atoms with van der Waals surface area (Å²) in [5.74, 6) is 0.474. The molecule has 6 heteroatoms. The minimum atomic E-state index is -2.84. The smallest absolute Gasteiger partial charge is 0.152 e. The zero-order valence-corrected chi connectivity index (χ0v) is 11.1. The summed E-state index contributed by atoms with van der Waals surface area (Å²) >= 11 is 0. The fourth-order valence-electron chi connectivity index (χ4n) is 2.29. The van der Waals surface area contributed by atoms with Crippen LogP contribution in [0.5, 0.6) is 0 Å². The first-order valence-electron chi connectivity index (χ1n) is 6.18. The Morgan fingerprint density at radius 3 is 2.61 bits per heavy atom. The third-order valence-electron chi connectivity index (χ3n) is 3.29. The second-order valence-electron chi connectivity index (χ2n) is 4.54. The number of nitrogens with two attached hydrogens (primary N) is 1. The largest absolute Gasteiger partial charge is 0.330 e. The minimum absolute atomic E-state index is 0.131. The van der Waals surface area contributed by atoms with Crippen molar-refractivity contribution in [3.8, 4) is 0 Å². The van der Waals surface area contributed by atoms with Crippen molar-refractivity contribution in [1.29, 1.82) is 0 Å². The summed E-state index contributed by atoms with van der Waals surface area (Å²) in [6.45, 7) is 1.72. The number of rotatable bonds is 4. The van der Waals surface area contributed by atoms with Gasteiger partial charge in [0.1, 0.15) is 0 Å². The van der Waals surface area contributed by atoms with Crippen LogP contribution in [-0.4, -0.2) is 49.4 Å². The molecule has 1 saturated heterocycles. The molecule has 1 fully saturated rings. The number of aromatic nitrogens is 1. The number of nitrogens with zero attached hydrogens (tertiary/aromatic N) is 2. The number of sulfone groups is 1. The average Bonchev–Trinajstić information content (AvgIpc) is 2.38. The lowest BCUT2D eigenvalue weighted by Gasteiger charge is -2.33. The summed E-state index contributed by atoms with van der Waals surface area (Å²) in [4.78, 5) is 6.54. The molecule has 2 heterocycles. The highest BCUT2D eigenvalue weighted by Crippen LogP contribution is 2.23. The lowest BCUT2D eigenvalue weighted by molar-refractivity contribution is 0.201. The Morgan fingerprint density at radius 1 is 1.33 bits per heavy atom. The second kappa shape index (κ2) is 5.77. The Bertz CT molecular complexity index is 461. The van der Waals surface area contributed by atoms with E-state index < -0.39 is 9.84 Å². The van der Waals surface area contributed by atoms with Gasteiger partial charge in [-0.25, -0.2) is 8.42 Å². The molecule has 0 spiro atoms. The molecule has 1 aliphatic heterocycles. The summed E-state index contributed by atoms with van der Waals surface area (Å²) in [5.41, 5.74) is 6.63. The standard InChI is InChI=1S/C12H19N3O2S/c13-5-4-12(11-3-1-2-6-14-11)15-7-9-18(16,17)10-8-15/h1-3,6,12H,4-5,7-10,13H2. The molecule has 1 unspecified atom stereocenters. The minimum Gasteiger partial charge on any atom is -0.330 e. The van der Waals surface area contributed by atoms with E-state index in [2.05, 4.69) is 9.88 Å². The van der Waals surface area contributed by atoms with Gasteiger partial charge in [-0.3, -0.25) is 9.88 Å². The normalized spacial score (nSPS) is 21.6. The maximum atomic E-state index is 11.4. The predicted molar refractivity (Wildman–Crippen MR) is 70.9 cm³/mol. The highest BCUT2D eigenvalue weighted by molar-refractivity contribution is 7.91. The predicted octanol–water partition coefficient (Wildman–Crippen LogP) is 0.202. The molecule has 2 rings (SSSR count). The second-order valence-corrected chi connectivity index (χ2v) is 6.84. The van der Waals surface area contributed by atoms with E-state index in [1.807, 2.05) is 18.2 Å². The van der Waals surface area contributed by atoms with E-state index in [0.717, 1.165) is 12.1 Å². The molecule has 0 saturated carbocycles. The van der Waals surface area contributed by atoms with E-state index in [1.54, 1.807) is 6.20 Å². The van der Waals surface area contributed by atoms with E-state index in [9.17, 15) is 8.42 Å². The number of hydrogen-bond acceptors (Lipinski definition) is 5. The summed E-state index contributed by atoms with van der Waals surface area (Å²) < 4.78 is 22.9. The van der Waals surface area contributed by atoms with Gasteiger partial charge in [0.25, 0.3) is 0 Å². The molecule has 0 aliphatic carbocycles. The van der Waals surface area contributed by atoms with Crippen LogP contribution in [-0.2, 0) is 9.84 Å². The van der Waals surface area contributed by atoms with Crippen LogP contribution in [0.3, 0.4) is 0 Å². The van der Waals surface area contributed by atoms with Gasteiger partial charge in [-0.2, -0.15) is 0 Å². The third kappa shape index (κ3) is 3.28. The third-order valence-corrected chi connectivity index (χ3v) is 4.90. The van der Waals surface area contributed by atoms with Crippen LogP contribution in [0, 0.1) is 0 Å². The van der Waals surface area contributed by atoms with Gasteiger partial charge in [-0.05, 0) is 25.1 Å². The van der Waals surface area contributed by atoms with Gasteiger partial charge >= 0.3 is 0 Å². The molecule has 2 N–H and O–H groups in total. The van der Waals surface area contributed by atoms with Gasteiger partial charge in [0.2, 0.25) is 0 Å². The lowest BCUT2D eigenvalue weighted by atomic mass is 10.1.